The van der Waals surface area contributed by atoms with Gasteiger partial charge in [0, 0.05) is 5.97 Å². The van der Waals surface area contributed by atoms with E-state index in [0.717, 1.165) is 6.42 Å². The van der Waals surface area contributed by atoms with Gasteiger partial charge in [-0.15, -0.1) is 0 Å². The van der Waals surface area contributed by atoms with Crippen molar-refractivity contribution in [2.45, 2.75) is 18.3 Å². The molecule has 0 saturated heterocycles. The van der Waals surface area contributed by atoms with Crippen LogP contribution in [0.4, 0.5) is 0 Å². The number of nitriles is 1. The molecule has 1 unspecified atom stereocenters. The van der Waals surface area contributed by atoms with E-state index in [9.17, 15) is 5.11 Å². The molecule has 0 amide bonds. The van der Waals surface area contributed by atoms with E-state index in [0.29, 0.717) is 6.42 Å². The minimum atomic E-state index is -0.955. The van der Waals surface area contributed by atoms with Crippen LogP contribution < -0.4 is 5.73 Å². The maximum absolute atomic E-state index is 9.76. The van der Waals surface area contributed by atoms with Gasteiger partial charge in [0.15, 0.2) is 0 Å². The smallest absolute Gasteiger partial charge is 0.320 e. The summed E-state index contributed by atoms with van der Waals surface area (Å²) in [5.41, 5.74) is 4.38. The highest BCUT2D eigenvalue weighted by Gasteiger charge is 2.39. The van der Waals surface area contributed by atoms with Gasteiger partial charge >= 0.3 is 6.71 Å². The molecule has 0 spiro atoms. The zero-order chi connectivity index (χ0) is 8.32. The SMILES string of the molecule is N#CB(CN)C1(O)C=CCC1. The van der Waals surface area contributed by atoms with E-state index in [1.165, 1.54) is 0 Å². The minimum Gasteiger partial charge on any atom is -0.393 e. The summed E-state index contributed by atoms with van der Waals surface area (Å²) >= 11 is 0. The Hall–Kier alpha value is -0.785. The van der Waals surface area contributed by atoms with Crippen molar-refractivity contribution in [3.05, 3.63) is 12.2 Å². The molecule has 3 N–H and O–H groups in total. The number of nitrogens with two attached hydrogens (primary N) is 1. The number of aliphatic hydroxyl groups is 1. The predicted molar refractivity (Wildman–Crippen MR) is 43.7 cm³/mol. The third-order valence-corrected chi connectivity index (χ3v) is 2.11. The lowest BCUT2D eigenvalue weighted by Gasteiger charge is -2.21. The zero-order valence-electron chi connectivity index (χ0n) is 6.33. The fourth-order valence-corrected chi connectivity index (χ4v) is 1.34. The van der Waals surface area contributed by atoms with Crippen LogP contribution in [0.15, 0.2) is 12.2 Å². The molecule has 0 radical (unpaired) electrons. The first kappa shape index (κ1) is 8.31. The lowest BCUT2D eigenvalue weighted by atomic mass is 9.39. The maximum Gasteiger partial charge on any atom is 0.320 e. The molecule has 1 aliphatic rings. The Kier molecular flexibility index (Phi) is 2.33. The van der Waals surface area contributed by atoms with Crippen LogP contribution in [0, 0.1) is 11.2 Å². The molecule has 3 nitrogen and oxygen atoms in total. The monoisotopic (exact) mass is 150 g/mol. The fourth-order valence-electron chi connectivity index (χ4n) is 1.34. The molecular formula is C7H11BN2O. The molecular weight excluding hydrogens is 139 g/mol. The summed E-state index contributed by atoms with van der Waals surface area (Å²) in [7, 11) is 0. The van der Waals surface area contributed by atoms with Gasteiger partial charge < -0.3 is 10.8 Å². The highest BCUT2D eigenvalue weighted by molar-refractivity contribution is 6.70. The first-order valence-corrected chi connectivity index (χ1v) is 3.72. The Labute approximate surface area is 66.6 Å². The van der Waals surface area contributed by atoms with Crippen LogP contribution in [0.2, 0.25) is 0 Å². The average Bonchev–Trinajstić information content (AvgIpc) is 2.39. The summed E-state index contributed by atoms with van der Waals surface area (Å²) in [6, 6.07) is 0. The molecule has 1 atom stereocenters. The van der Waals surface area contributed by atoms with E-state index in [1.54, 1.807) is 6.08 Å². The summed E-state index contributed by atoms with van der Waals surface area (Å²) in [5, 5.41) is 18.4. The second kappa shape index (κ2) is 3.08. The second-order valence-electron chi connectivity index (χ2n) is 2.85. The molecule has 0 aromatic carbocycles. The number of nitrogens with zero attached hydrogens (tertiary/aromatic N) is 1. The fraction of sp³-hybridized carbons (Fsp3) is 0.571. The molecule has 0 heterocycles. The highest BCUT2D eigenvalue weighted by Crippen LogP contribution is 2.24. The Morgan fingerprint density at radius 1 is 1.82 bits per heavy atom. The molecule has 0 bridgehead atoms. The molecule has 0 aromatic heterocycles. The van der Waals surface area contributed by atoms with Gasteiger partial charge in [0.2, 0.25) is 0 Å². The molecule has 1 rings (SSSR count). The van der Waals surface area contributed by atoms with Crippen molar-refractivity contribution in [3.63, 3.8) is 0 Å². The van der Waals surface area contributed by atoms with Crippen molar-refractivity contribution >= 4 is 6.71 Å². The van der Waals surface area contributed by atoms with Gasteiger partial charge in [-0.1, -0.05) is 12.2 Å². The molecule has 0 aromatic rings. The van der Waals surface area contributed by atoms with E-state index < -0.39 is 12.2 Å². The van der Waals surface area contributed by atoms with Crippen LogP contribution >= 0.6 is 0 Å². The number of rotatable bonds is 2. The van der Waals surface area contributed by atoms with E-state index in [1.807, 2.05) is 12.0 Å². The van der Waals surface area contributed by atoms with Crippen molar-refractivity contribution in [1.29, 1.82) is 5.26 Å². The quantitative estimate of drug-likeness (QED) is 0.418. The van der Waals surface area contributed by atoms with Crippen LogP contribution in [0.3, 0.4) is 0 Å². The van der Waals surface area contributed by atoms with Gasteiger partial charge in [0.1, 0.15) is 0 Å². The van der Waals surface area contributed by atoms with Crippen molar-refractivity contribution < 1.29 is 5.11 Å². The Balaban J connectivity index is 2.71. The molecule has 0 aliphatic heterocycles. The minimum absolute atomic E-state index is 0.220. The van der Waals surface area contributed by atoms with Gasteiger partial charge in [-0.2, -0.15) is 0 Å². The standard InChI is InChI=1S/C7H11BN2O/c9-5-8(6-10)7(11)3-1-2-4-7/h1,3,11H,2,4-5,9H2. The molecule has 58 valence electrons. The predicted octanol–water partition coefficient (Wildman–Crippen LogP) is -0.338. The van der Waals surface area contributed by atoms with Crippen molar-refractivity contribution in [2.75, 3.05) is 6.44 Å². The largest absolute Gasteiger partial charge is 0.393 e. The Morgan fingerprint density at radius 3 is 2.91 bits per heavy atom. The average molecular weight is 150 g/mol. The maximum atomic E-state index is 9.76. The van der Waals surface area contributed by atoms with E-state index in [4.69, 9.17) is 11.0 Å². The summed E-state index contributed by atoms with van der Waals surface area (Å²) in [6.07, 6.45) is 5.27. The van der Waals surface area contributed by atoms with Crippen LogP contribution in [-0.4, -0.2) is 23.8 Å². The normalized spacial score (nSPS) is 28.5. The third-order valence-electron chi connectivity index (χ3n) is 2.11. The van der Waals surface area contributed by atoms with Crippen LogP contribution in [0.25, 0.3) is 0 Å². The van der Waals surface area contributed by atoms with Crippen LogP contribution in [0.5, 0.6) is 0 Å². The van der Waals surface area contributed by atoms with E-state index >= 15 is 0 Å². The summed E-state index contributed by atoms with van der Waals surface area (Å²) in [4.78, 5) is 0. The van der Waals surface area contributed by atoms with Crippen molar-refractivity contribution in [3.8, 4) is 5.97 Å². The van der Waals surface area contributed by atoms with Crippen LogP contribution in [0.1, 0.15) is 12.8 Å². The van der Waals surface area contributed by atoms with E-state index in [2.05, 4.69) is 0 Å². The van der Waals surface area contributed by atoms with E-state index in [-0.39, 0.29) is 6.44 Å². The first-order chi connectivity index (χ1) is 5.23. The van der Waals surface area contributed by atoms with Crippen molar-refractivity contribution in [2.24, 2.45) is 5.73 Å². The number of hydrogen-bond donors (Lipinski definition) is 2. The zero-order valence-corrected chi connectivity index (χ0v) is 6.33. The van der Waals surface area contributed by atoms with Gasteiger partial charge in [-0.05, 0) is 19.3 Å². The van der Waals surface area contributed by atoms with Gasteiger partial charge in [0.05, 0.1) is 5.50 Å². The lowest BCUT2D eigenvalue weighted by molar-refractivity contribution is 0.171. The Bertz CT molecular complexity index is 211. The molecule has 11 heavy (non-hydrogen) atoms. The number of allylic oxidation sites excluding steroid dienone is 1. The van der Waals surface area contributed by atoms with Gasteiger partial charge in [-0.3, -0.25) is 0 Å². The van der Waals surface area contributed by atoms with Crippen LogP contribution in [-0.2, 0) is 0 Å². The second-order valence-corrected chi connectivity index (χ2v) is 2.85. The Morgan fingerprint density at radius 2 is 2.55 bits per heavy atom. The van der Waals surface area contributed by atoms with Gasteiger partial charge in [-0.25, -0.2) is 5.26 Å². The molecule has 1 aliphatic carbocycles. The molecule has 0 saturated carbocycles. The topological polar surface area (TPSA) is 70.0 Å². The first-order valence-electron chi connectivity index (χ1n) is 3.72. The van der Waals surface area contributed by atoms with Gasteiger partial charge in [0.25, 0.3) is 0 Å². The summed E-state index contributed by atoms with van der Waals surface area (Å²) < 4.78 is 0. The van der Waals surface area contributed by atoms with Crippen molar-refractivity contribution in [1.82, 2.24) is 0 Å². The lowest BCUT2D eigenvalue weighted by Crippen LogP contribution is -2.47. The molecule has 4 heteroatoms. The highest BCUT2D eigenvalue weighted by atomic mass is 16.3. The summed E-state index contributed by atoms with van der Waals surface area (Å²) in [5.74, 6) is 2.01. The summed E-state index contributed by atoms with van der Waals surface area (Å²) in [6.45, 7) is -0.457. The number of hydrogen-bond acceptors (Lipinski definition) is 3. The third kappa shape index (κ3) is 1.45. The molecule has 0 fully saturated rings.